The van der Waals surface area contributed by atoms with Crippen LogP contribution in [-0.4, -0.2) is 42.9 Å². The first kappa shape index (κ1) is 23.9. The maximum absolute atomic E-state index is 12.7. The largest absolute Gasteiger partial charge is 0.484 e. The number of aromatic nitrogens is 2. The Labute approximate surface area is 200 Å². The summed E-state index contributed by atoms with van der Waals surface area (Å²) in [5.74, 6) is -1.75. The summed E-state index contributed by atoms with van der Waals surface area (Å²) < 4.78 is 41.1. The molecule has 0 unspecified atom stereocenters. The fourth-order valence-electron chi connectivity index (χ4n) is 3.55. The summed E-state index contributed by atoms with van der Waals surface area (Å²) in [7, 11) is -4.21. The van der Waals surface area contributed by atoms with Crippen LogP contribution in [0.15, 0.2) is 40.0 Å². The lowest BCUT2D eigenvalue weighted by atomic mass is 9.95. The molecule has 3 aromatic rings. The minimum absolute atomic E-state index is 0.0432. The number of nitrogens with zero attached hydrogens (tertiary/aromatic N) is 2. The molecule has 0 spiro atoms. The van der Waals surface area contributed by atoms with Gasteiger partial charge in [0.05, 0.1) is 12.2 Å². The maximum atomic E-state index is 12.7. The molecule has 34 heavy (non-hydrogen) atoms. The number of ether oxygens (including phenoxy) is 2. The molecule has 0 bridgehead atoms. The summed E-state index contributed by atoms with van der Waals surface area (Å²) in [6.07, 6.45) is 3.44. The van der Waals surface area contributed by atoms with E-state index >= 15 is 0 Å². The number of benzene rings is 1. The third kappa shape index (κ3) is 5.45. The smallest absolute Gasteiger partial charge is 0.341 e. The van der Waals surface area contributed by atoms with E-state index < -0.39 is 32.7 Å². The van der Waals surface area contributed by atoms with E-state index in [1.807, 2.05) is 6.07 Å². The Morgan fingerprint density at radius 2 is 1.91 bits per heavy atom. The minimum atomic E-state index is -4.21. The number of hydrogen-bond acceptors (Lipinski definition) is 10. The zero-order valence-electron chi connectivity index (χ0n) is 18.4. The molecule has 1 amide bonds. The third-order valence-electron chi connectivity index (χ3n) is 5.04. The molecule has 1 aliphatic carbocycles. The molecule has 12 heteroatoms. The van der Waals surface area contributed by atoms with Gasteiger partial charge in [0.15, 0.2) is 6.61 Å². The van der Waals surface area contributed by atoms with Crippen molar-refractivity contribution in [2.75, 3.05) is 17.7 Å². The molecule has 0 fully saturated rings. The monoisotopic (exact) mass is 505 g/mol. The number of rotatable bonds is 9. The first-order chi connectivity index (χ1) is 16.4. The van der Waals surface area contributed by atoms with E-state index in [2.05, 4.69) is 15.5 Å². The molecule has 0 atom stereocenters. The Kier molecular flexibility index (Phi) is 7.27. The van der Waals surface area contributed by atoms with Gasteiger partial charge < -0.3 is 19.2 Å². The van der Waals surface area contributed by atoms with Crippen LogP contribution >= 0.6 is 11.3 Å². The third-order valence-corrected chi connectivity index (χ3v) is 7.59. The molecule has 0 aliphatic heterocycles. The zero-order valence-corrected chi connectivity index (χ0v) is 20.0. The number of amides is 1. The second-order valence-electron chi connectivity index (χ2n) is 7.51. The van der Waals surface area contributed by atoms with E-state index in [1.54, 1.807) is 31.2 Å². The Balaban J connectivity index is 1.44. The number of carbonyl (C=O) groups excluding carboxylic acids is 2. The molecule has 1 aliphatic rings. The molecule has 2 heterocycles. The van der Waals surface area contributed by atoms with Crippen molar-refractivity contribution in [3.63, 3.8) is 0 Å². The fraction of sp³-hybridized carbons (Fsp3) is 0.364. The molecule has 10 nitrogen and oxygen atoms in total. The minimum Gasteiger partial charge on any atom is -0.484 e. The number of aryl methyl sites for hydroxylation is 1. The highest BCUT2D eigenvalue weighted by molar-refractivity contribution is 7.91. The van der Waals surface area contributed by atoms with Crippen LogP contribution in [0.4, 0.5) is 5.00 Å². The van der Waals surface area contributed by atoms with Crippen LogP contribution in [0, 0.1) is 0 Å². The van der Waals surface area contributed by atoms with Crippen molar-refractivity contribution < 1.29 is 31.9 Å². The van der Waals surface area contributed by atoms with Gasteiger partial charge in [0.1, 0.15) is 16.5 Å². The lowest BCUT2D eigenvalue weighted by Gasteiger charge is -2.12. The molecule has 1 aromatic carbocycles. The van der Waals surface area contributed by atoms with Crippen molar-refractivity contribution in [2.45, 2.75) is 44.4 Å². The van der Waals surface area contributed by atoms with Crippen LogP contribution < -0.4 is 10.1 Å². The predicted octanol–water partition coefficient (Wildman–Crippen LogP) is 3.18. The quantitative estimate of drug-likeness (QED) is 0.435. The number of sulfone groups is 1. The Morgan fingerprint density at radius 3 is 2.68 bits per heavy atom. The summed E-state index contributed by atoms with van der Waals surface area (Å²) in [4.78, 5) is 26.1. The van der Waals surface area contributed by atoms with Gasteiger partial charge in [-0.05, 0) is 50.3 Å². The molecule has 0 radical (unpaired) electrons. The van der Waals surface area contributed by atoms with Crippen LogP contribution in [0.2, 0.25) is 0 Å². The number of esters is 1. The van der Waals surface area contributed by atoms with Gasteiger partial charge in [-0.2, -0.15) is 0 Å². The average Bonchev–Trinajstić information content (AvgIpc) is 3.43. The molecule has 2 aromatic heterocycles. The maximum Gasteiger partial charge on any atom is 0.341 e. The van der Waals surface area contributed by atoms with Gasteiger partial charge in [-0.25, -0.2) is 13.2 Å². The van der Waals surface area contributed by atoms with Gasteiger partial charge >= 0.3 is 11.2 Å². The zero-order chi connectivity index (χ0) is 24.1. The number of anilines is 1. The van der Waals surface area contributed by atoms with Crippen LogP contribution in [-0.2, 0) is 38.8 Å². The number of thiophene rings is 1. The molecule has 180 valence electrons. The topological polar surface area (TPSA) is 138 Å². The highest BCUT2D eigenvalue weighted by atomic mass is 32.2. The number of para-hydroxylation sites is 1. The van der Waals surface area contributed by atoms with E-state index in [1.165, 1.54) is 11.3 Å². The molecule has 1 N–H and O–H groups in total. The Morgan fingerprint density at radius 1 is 1.15 bits per heavy atom. The second-order valence-corrected chi connectivity index (χ2v) is 10.5. The van der Waals surface area contributed by atoms with E-state index in [0.717, 1.165) is 29.7 Å². The Hall–Kier alpha value is -3.25. The number of carbonyl (C=O) groups is 2. The first-order valence-electron chi connectivity index (χ1n) is 10.7. The van der Waals surface area contributed by atoms with Crippen molar-refractivity contribution in [2.24, 2.45) is 0 Å². The fourth-order valence-corrected chi connectivity index (χ4v) is 5.78. The van der Waals surface area contributed by atoms with Crippen molar-refractivity contribution in [3.05, 3.63) is 52.2 Å². The van der Waals surface area contributed by atoms with Gasteiger partial charge in [-0.3, -0.25) is 4.79 Å². The number of nitrogens with one attached hydrogen (secondary N) is 1. The molecule has 0 saturated heterocycles. The summed E-state index contributed by atoms with van der Waals surface area (Å²) in [6, 6.07) is 8.86. The van der Waals surface area contributed by atoms with Crippen LogP contribution in [0.1, 0.15) is 46.5 Å². The van der Waals surface area contributed by atoms with Gasteiger partial charge in [-0.15, -0.1) is 16.4 Å². The SMILES string of the molecule is CCOC(=O)c1c(NC(=O)CS(=O)(=O)c2nnc(COc3ccccc3)o2)sc2c1CCCC2. The van der Waals surface area contributed by atoms with Crippen molar-refractivity contribution in [1.29, 1.82) is 0 Å². The summed E-state index contributed by atoms with van der Waals surface area (Å²) in [6.45, 7) is 1.77. The average molecular weight is 506 g/mol. The standard InChI is InChI=1S/C22H23N3O7S2/c1-2-30-21(27)19-15-10-6-7-11-16(15)33-20(19)23-17(26)13-34(28,29)22-25-24-18(32-22)12-31-14-8-4-3-5-9-14/h3-5,8-9H,2,6-7,10-13H2,1H3,(H,23,26). The highest BCUT2D eigenvalue weighted by Gasteiger charge is 2.30. The van der Waals surface area contributed by atoms with E-state index in [4.69, 9.17) is 13.9 Å². The number of hydrogen-bond donors (Lipinski definition) is 1. The summed E-state index contributed by atoms with van der Waals surface area (Å²) in [5.41, 5.74) is 1.18. The highest BCUT2D eigenvalue weighted by Crippen LogP contribution is 2.38. The number of fused-ring (bicyclic) bond motifs is 1. The van der Waals surface area contributed by atoms with Crippen LogP contribution in [0.5, 0.6) is 5.75 Å². The van der Waals surface area contributed by atoms with Crippen molar-refractivity contribution >= 4 is 38.1 Å². The van der Waals surface area contributed by atoms with E-state index in [-0.39, 0.29) is 19.1 Å². The molecular formula is C22H23N3O7S2. The van der Waals surface area contributed by atoms with Gasteiger partial charge in [0.25, 0.3) is 5.89 Å². The van der Waals surface area contributed by atoms with Crippen LogP contribution in [0.25, 0.3) is 0 Å². The molecule has 0 saturated carbocycles. The first-order valence-corrected chi connectivity index (χ1v) is 13.2. The lowest BCUT2D eigenvalue weighted by molar-refractivity contribution is -0.113. The van der Waals surface area contributed by atoms with Gasteiger partial charge in [-0.1, -0.05) is 23.3 Å². The van der Waals surface area contributed by atoms with Crippen LogP contribution in [0.3, 0.4) is 0 Å². The van der Waals surface area contributed by atoms with Gasteiger partial charge in [0.2, 0.25) is 15.7 Å². The second kappa shape index (κ2) is 10.3. The predicted molar refractivity (Wildman–Crippen MR) is 123 cm³/mol. The van der Waals surface area contributed by atoms with Gasteiger partial charge in [0, 0.05) is 4.88 Å². The summed E-state index contributed by atoms with van der Waals surface area (Å²) in [5, 5.41) is 9.42. The molecule has 4 rings (SSSR count). The lowest BCUT2D eigenvalue weighted by Crippen LogP contribution is -2.24. The normalized spacial score (nSPS) is 13.2. The Bertz CT molecular complexity index is 1280. The van der Waals surface area contributed by atoms with Crippen molar-refractivity contribution in [3.8, 4) is 5.75 Å². The molecular weight excluding hydrogens is 482 g/mol. The summed E-state index contributed by atoms with van der Waals surface area (Å²) >= 11 is 1.28. The van der Waals surface area contributed by atoms with Crippen molar-refractivity contribution in [1.82, 2.24) is 10.2 Å². The van der Waals surface area contributed by atoms with E-state index in [0.29, 0.717) is 22.7 Å². The van der Waals surface area contributed by atoms with E-state index in [9.17, 15) is 18.0 Å².